The molecule has 0 bridgehead atoms. The summed E-state index contributed by atoms with van der Waals surface area (Å²) in [5.74, 6) is 0.779. The third-order valence-corrected chi connectivity index (χ3v) is 3.30. The molecular formula is C13H11BrN2O3. The van der Waals surface area contributed by atoms with Gasteiger partial charge in [-0.05, 0) is 34.1 Å². The van der Waals surface area contributed by atoms with E-state index < -0.39 is 0 Å². The van der Waals surface area contributed by atoms with Crippen LogP contribution in [0.5, 0.6) is 11.5 Å². The molecule has 0 radical (unpaired) electrons. The summed E-state index contributed by atoms with van der Waals surface area (Å²) in [4.78, 5) is 20.1. The number of halogens is 1. The maximum Gasteiger partial charge on any atom is 0.215 e. The van der Waals surface area contributed by atoms with Crippen molar-refractivity contribution in [3.05, 3.63) is 46.5 Å². The number of carbonyl (C=O) groups excluding carboxylic acids is 1. The van der Waals surface area contributed by atoms with E-state index in [0.717, 1.165) is 0 Å². The highest BCUT2D eigenvalue weighted by molar-refractivity contribution is 9.10. The van der Waals surface area contributed by atoms with Crippen molar-refractivity contribution < 1.29 is 14.3 Å². The van der Waals surface area contributed by atoms with Gasteiger partial charge in [0.05, 0.1) is 19.8 Å². The number of aromatic nitrogens is 2. The van der Waals surface area contributed by atoms with Gasteiger partial charge >= 0.3 is 0 Å². The van der Waals surface area contributed by atoms with E-state index in [1.54, 1.807) is 25.3 Å². The van der Waals surface area contributed by atoms with Crippen molar-refractivity contribution in [2.45, 2.75) is 0 Å². The average Bonchev–Trinajstić information content (AvgIpc) is 2.47. The quantitative estimate of drug-likeness (QED) is 0.809. The third kappa shape index (κ3) is 2.58. The fourth-order valence-corrected chi connectivity index (χ4v) is 2.31. The van der Waals surface area contributed by atoms with Crippen molar-refractivity contribution in [3.63, 3.8) is 0 Å². The molecule has 0 spiro atoms. The van der Waals surface area contributed by atoms with Crippen LogP contribution in [0, 0.1) is 0 Å². The van der Waals surface area contributed by atoms with Gasteiger partial charge in [-0.1, -0.05) is 0 Å². The SMILES string of the molecule is COc1ccc(C(=O)c2ccncn2)c(OC)c1Br. The largest absolute Gasteiger partial charge is 0.495 e. The number of ketones is 1. The van der Waals surface area contributed by atoms with Crippen LogP contribution in [0.1, 0.15) is 16.1 Å². The highest BCUT2D eigenvalue weighted by atomic mass is 79.9. The van der Waals surface area contributed by atoms with Crippen molar-refractivity contribution >= 4 is 21.7 Å². The van der Waals surface area contributed by atoms with Gasteiger partial charge in [-0.15, -0.1) is 0 Å². The molecule has 0 N–H and O–H groups in total. The molecule has 2 aromatic rings. The average molecular weight is 323 g/mol. The fraction of sp³-hybridized carbons (Fsp3) is 0.154. The molecule has 1 aromatic heterocycles. The van der Waals surface area contributed by atoms with E-state index in [1.165, 1.54) is 19.6 Å². The van der Waals surface area contributed by atoms with Gasteiger partial charge in [0.1, 0.15) is 28.0 Å². The highest BCUT2D eigenvalue weighted by Gasteiger charge is 2.20. The minimum absolute atomic E-state index is 0.234. The van der Waals surface area contributed by atoms with E-state index >= 15 is 0 Å². The van der Waals surface area contributed by atoms with Crippen molar-refractivity contribution in [2.24, 2.45) is 0 Å². The molecule has 0 atom stereocenters. The van der Waals surface area contributed by atoms with E-state index in [2.05, 4.69) is 25.9 Å². The first kappa shape index (κ1) is 13.5. The molecule has 0 aliphatic rings. The van der Waals surface area contributed by atoms with E-state index in [9.17, 15) is 4.79 Å². The van der Waals surface area contributed by atoms with Crippen LogP contribution in [0.25, 0.3) is 0 Å². The summed E-state index contributed by atoms with van der Waals surface area (Å²) in [7, 11) is 3.04. The van der Waals surface area contributed by atoms with Crippen LogP contribution in [0.15, 0.2) is 35.2 Å². The molecule has 0 saturated carbocycles. The van der Waals surface area contributed by atoms with Crippen molar-refractivity contribution in [1.82, 2.24) is 9.97 Å². The normalized spacial score (nSPS) is 10.1. The molecule has 0 amide bonds. The summed E-state index contributed by atoms with van der Waals surface area (Å²) in [6.45, 7) is 0. The Hall–Kier alpha value is -1.95. The van der Waals surface area contributed by atoms with Gasteiger partial charge in [-0.3, -0.25) is 4.79 Å². The Morgan fingerprint density at radius 3 is 2.58 bits per heavy atom. The molecular weight excluding hydrogens is 312 g/mol. The summed E-state index contributed by atoms with van der Waals surface area (Å²) in [5, 5.41) is 0. The van der Waals surface area contributed by atoms with Crippen LogP contribution >= 0.6 is 15.9 Å². The topological polar surface area (TPSA) is 61.3 Å². The Morgan fingerprint density at radius 1 is 1.21 bits per heavy atom. The van der Waals surface area contributed by atoms with Crippen LogP contribution in [-0.4, -0.2) is 30.0 Å². The molecule has 1 aromatic carbocycles. The minimum atomic E-state index is -0.234. The van der Waals surface area contributed by atoms with E-state index in [1.807, 2.05) is 0 Å². The first-order valence-electron chi connectivity index (χ1n) is 5.40. The van der Waals surface area contributed by atoms with Crippen LogP contribution in [-0.2, 0) is 0 Å². The van der Waals surface area contributed by atoms with Crippen molar-refractivity contribution in [3.8, 4) is 11.5 Å². The maximum atomic E-state index is 12.3. The lowest BCUT2D eigenvalue weighted by Gasteiger charge is -2.12. The molecule has 0 aliphatic carbocycles. The number of benzene rings is 1. The molecule has 6 heteroatoms. The molecule has 1 heterocycles. The zero-order valence-electron chi connectivity index (χ0n) is 10.4. The number of ether oxygens (including phenoxy) is 2. The second-order valence-corrected chi connectivity index (χ2v) is 4.38. The maximum absolute atomic E-state index is 12.3. The number of hydrogen-bond acceptors (Lipinski definition) is 5. The van der Waals surface area contributed by atoms with Gasteiger partial charge < -0.3 is 9.47 Å². The number of nitrogens with zero attached hydrogens (tertiary/aromatic N) is 2. The summed E-state index contributed by atoms with van der Waals surface area (Å²) >= 11 is 3.36. The van der Waals surface area contributed by atoms with Crippen LogP contribution in [0.4, 0.5) is 0 Å². The third-order valence-electron chi connectivity index (χ3n) is 2.54. The fourth-order valence-electron chi connectivity index (χ4n) is 1.64. The number of carbonyl (C=O) groups is 1. The van der Waals surface area contributed by atoms with Gasteiger partial charge in [-0.2, -0.15) is 0 Å². The van der Waals surface area contributed by atoms with Gasteiger partial charge in [0.25, 0.3) is 0 Å². The van der Waals surface area contributed by atoms with E-state index in [-0.39, 0.29) is 5.78 Å². The number of methoxy groups -OCH3 is 2. The first-order chi connectivity index (χ1) is 9.19. The second kappa shape index (κ2) is 5.79. The molecule has 5 nitrogen and oxygen atoms in total. The monoisotopic (exact) mass is 322 g/mol. The van der Waals surface area contributed by atoms with Gasteiger partial charge in [0, 0.05) is 6.20 Å². The molecule has 0 unspecified atom stereocenters. The summed E-state index contributed by atoms with van der Waals surface area (Å²) < 4.78 is 11.0. The van der Waals surface area contributed by atoms with Crippen LogP contribution in [0.3, 0.4) is 0 Å². The lowest BCUT2D eigenvalue weighted by molar-refractivity contribution is 0.103. The predicted molar refractivity (Wildman–Crippen MR) is 72.7 cm³/mol. The van der Waals surface area contributed by atoms with E-state index in [4.69, 9.17) is 9.47 Å². The number of hydrogen-bond donors (Lipinski definition) is 0. The van der Waals surface area contributed by atoms with Gasteiger partial charge in [0.15, 0.2) is 0 Å². The standard InChI is InChI=1S/C13H11BrN2O3/c1-18-10-4-3-8(13(19-2)11(10)14)12(17)9-5-6-15-7-16-9/h3-7H,1-2H3. The predicted octanol–water partition coefficient (Wildman–Crippen LogP) is 2.49. The van der Waals surface area contributed by atoms with E-state index in [0.29, 0.717) is 27.2 Å². The lowest BCUT2D eigenvalue weighted by atomic mass is 10.1. The van der Waals surface area contributed by atoms with Crippen molar-refractivity contribution in [2.75, 3.05) is 14.2 Å². The summed E-state index contributed by atoms with van der Waals surface area (Å²) in [6, 6.07) is 4.90. The summed E-state index contributed by atoms with van der Waals surface area (Å²) in [6.07, 6.45) is 2.85. The minimum Gasteiger partial charge on any atom is -0.495 e. The molecule has 19 heavy (non-hydrogen) atoms. The smallest absolute Gasteiger partial charge is 0.215 e. The Labute approximate surface area is 118 Å². The summed E-state index contributed by atoms with van der Waals surface area (Å²) in [5.41, 5.74) is 0.722. The molecule has 0 saturated heterocycles. The number of rotatable bonds is 4. The Balaban J connectivity index is 2.51. The molecule has 0 fully saturated rings. The molecule has 0 aliphatic heterocycles. The Bertz CT molecular complexity index is 602. The zero-order chi connectivity index (χ0) is 13.8. The zero-order valence-corrected chi connectivity index (χ0v) is 12.0. The van der Waals surface area contributed by atoms with Gasteiger partial charge in [-0.25, -0.2) is 9.97 Å². The Kier molecular flexibility index (Phi) is 4.11. The molecule has 2 rings (SSSR count). The van der Waals surface area contributed by atoms with Crippen LogP contribution < -0.4 is 9.47 Å². The lowest BCUT2D eigenvalue weighted by Crippen LogP contribution is -2.07. The molecule has 98 valence electrons. The second-order valence-electron chi connectivity index (χ2n) is 3.59. The van der Waals surface area contributed by atoms with Crippen LogP contribution in [0.2, 0.25) is 0 Å². The highest BCUT2D eigenvalue weighted by Crippen LogP contribution is 2.37. The Morgan fingerprint density at radius 2 is 2.00 bits per heavy atom. The van der Waals surface area contributed by atoms with Gasteiger partial charge in [0.2, 0.25) is 5.78 Å². The van der Waals surface area contributed by atoms with Crippen molar-refractivity contribution in [1.29, 1.82) is 0 Å². The first-order valence-corrected chi connectivity index (χ1v) is 6.19.